The monoisotopic (exact) mass is 641 g/mol. The summed E-state index contributed by atoms with van der Waals surface area (Å²) in [6.07, 6.45) is 3.52. The van der Waals surface area contributed by atoms with E-state index in [0.29, 0.717) is 54.5 Å². The maximum absolute atomic E-state index is 13.9. The van der Waals surface area contributed by atoms with Gasteiger partial charge in [0.15, 0.2) is 5.76 Å². The SMILES string of the molecule is CN(C)CCN1CCN(C(=O)c2ccc(-c3ccc(N(Cc4cncn4Cc4ccc(C#N)cc4)C(=O)c4ccccc4)cc3)o2)CC1. The molecule has 3 heterocycles. The molecular weight excluding hydrogens is 602 g/mol. The van der Waals surface area contributed by atoms with Gasteiger partial charge in [0.25, 0.3) is 11.8 Å². The molecule has 0 saturated carbocycles. The van der Waals surface area contributed by atoms with Gasteiger partial charge in [-0.3, -0.25) is 14.5 Å². The van der Waals surface area contributed by atoms with E-state index in [-0.39, 0.29) is 11.8 Å². The highest BCUT2D eigenvalue weighted by atomic mass is 16.4. The zero-order valence-corrected chi connectivity index (χ0v) is 27.3. The van der Waals surface area contributed by atoms with Gasteiger partial charge in [0.05, 0.1) is 30.2 Å². The van der Waals surface area contributed by atoms with Gasteiger partial charge in [-0.25, -0.2) is 4.98 Å². The Hall–Kier alpha value is -5.50. The molecule has 1 fully saturated rings. The Morgan fingerprint density at radius 1 is 0.896 bits per heavy atom. The number of anilines is 1. The van der Waals surface area contributed by atoms with Gasteiger partial charge in [-0.1, -0.05) is 30.3 Å². The number of amides is 2. The first kappa shape index (κ1) is 32.4. The molecule has 0 spiro atoms. The van der Waals surface area contributed by atoms with Crippen LogP contribution in [-0.2, 0) is 13.1 Å². The molecule has 5 aromatic rings. The minimum Gasteiger partial charge on any atom is -0.451 e. The fourth-order valence-corrected chi connectivity index (χ4v) is 5.77. The van der Waals surface area contributed by atoms with E-state index in [0.717, 1.165) is 43.0 Å². The first-order valence-corrected chi connectivity index (χ1v) is 16.1. The largest absolute Gasteiger partial charge is 0.451 e. The summed E-state index contributed by atoms with van der Waals surface area (Å²) in [6.45, 7) is 5.89. The van der Waals surface area contributed by atoms with Crippen molar-refractivity contribution in [2.45, 2.75) is 13.1 Å². The summed E-state index contributed by atoms with van der Waals surface area (Å²) in [5, 5.41) is 9.14. The van der Waals surface area contributed by atoms with E-state index in [1.54, 1.807) is 35.6 Å². The third kappa shape index (κ3) is 7.72. The lowest BCUT2D eigenvalue weighted by molar-refractivity contribution is 0.0600. The third-order valence-corrected chi connectivity index (χ3v) is 8.62. The number of piperazine rings is 1. The average Bonchev–Trinajstić information content (AvgIpc) is 3.80. The fraction of sp³-hybridized carbons (Fsp3) is 0.263. The summed E-state index contributed by atoms with van der Waals surface area (Å²) in [5.41, 5.74) is 4.60. The maximum atomic E-state index is 13.9. The molecule has 10 heteroatoms. The van der Waals surface area contributed by atoms with Gasteiger partial charge in [0, 0.05) is 68.8 Å². The number of hydrogen-bond acceptors (Lipinski definition) is 7. The molecule has 1 aliphatic rings. The number of benzene rings is 3. The lowest BCUT2D eigenvalue weighted by Gasteiger charge is -2.34. The van der Waals surface area contributed by atoms with E-state index in [1.807, 2.05) is 82.3 Å². The van der Waals surface area contributed by atoms with Crippen LogP contribution >= 0.6 is 0 Å². The zero-order valence-electron chi connectivity index (χ0n) is 27.3. The van der Waals surface area contributed by atoms with Gasteiger partial charge in [-0.15, -0.1) is 0 Å². The molecule has 0 bridgehead atoms. The summed E-state index contributed by atoms with van der Waals surface area (Å²) in [4.78, 5) is 39.6. The van der Waals surface area contributed by atoms with Crippen molar-refractivity contribution in [2.24, 2.45) is 0 Å². The number of hydrogen-bond donors (Lipinski definition) is 0. The molecule has 0 N–H and O–H groups in total. The number of nitriles is 1. The van der Waals surface area contributed by atoms with E-state index in [1.165, 1.54) is 0 Å². The molecule has 0 unspecified atom stereocenters. The average molecular weight is 642 g/mol. The van der Waals surface area contributed by atoms with Crippen molar-refractivity contribution in [1.82, 2.24) is 24.3 Å². The molecule has 2 amide bonds. The van der Waals surface area contributed by atoms with Gasteiger partial charge in [-0.05, 0) is 80.3 Å². The Morgan fingerprint density at radius 2 is 1.62 bits per heavy atom. The molecular formula is C38H39N7O3. The van der Waals surface area contributed by atoms with Crippen LogP contribution in [0.1, 0.15) is 37.7 Å². The predicted octanol–water partition coefficient (Wildman–Crippen LogP) is 5.23. The van der Waals surface area contributed by atoms with Crippen molar-refractivity contribution >= 4 is 17.5 Å². The van der Waals surface area contributed by atoms with E-state index < -0.39 is 0 Å². The van der Waals surface area contributed by atoms with Crippen molar-refractivity contribution in [3.05, 3.63) is 132 Å². The van der Waals surface area contributed by atoms with Gasteiger partial charge in [0.1, 0.15) is 5.76 Å². The van der Waals surface area contributed by atoms with Crippen LogP contribution in [0.15, 0.2) is 108 Å². The molecule has 244 valence electrons. The van der Waals surface area contributed by atoms with Crippen LogP contribution < -0.4 is 4.90 Å². The molecule has 0 atom stereocenters. The Balaban J connectivity index is 1.17. The lowest BCUT2D eigenvalue weighted by Crippen LogP contribution is -2.49. The number of carbonyl (C=O) groups excluding carboxylic acids is 2. The topological polar surface area (TPSA) is 102 Å². The Labute approximate surface area is 281 Å². The van der Waals surface area contributed by atoms with Crippen LogP contribution in [0, 0.1) is 11.3 Å². The van der Waals surface area contributed by atoms with E-state index in [4.69, 9.17) is 9.68 Å². The first-order chi connectivity index (χ1) is 23.4. The third-order valence-electron chi connectivity index (χ3n) is 8.62. The maximum Gasteiger partial charge on any atom is 0.289 e. The van der Waals surface area contributed by atoms with Crippen LogP contribution in [0.5, 0.6) is 0 Å². The van der Waals surface area contributed by atoms with Crippen LogP contribution in [0.4, 0.5) is 5.69 Å². The lowest BCUT2D eigenvalue weighted by atomic mass is 10.1. The van der Waals surface area contributed by atoms with Crippen LogP contribution in [0.3, 0.4) is 0 Å². The highest BCUT2D eigenvalue weighted by Crippen LogP contribution is 2.28. The summed E-state index contributed by atoms with van der Waals surface area (Å²) in [7, 11) is 4.14. The summed E-state index contributed by atoms with van der Waals surface area (Å²) in [6, 6.07) is 30.0. The Bertz CT molecular complexity index is 1860. The van der Waals surface area contributed by atoms with Gasteiger partial charge in [0.2, 0.25) is 0 Å². The quantitative estimate of drug-likeness (QED) is 0.195. The summed E-state index contributed by atoms with van der Waals surface area (Å²) < 4.78 is 8.06. The van der Waals surface area contributed by atoms with Crippen molar-refractivity contribution in [1.29, 1.82) is 5.26 Å². The van der Waals surface area contributed by atoms with Gasteiger partial charge in [-0.2, -0.15) is 5.26 Å². The minimum absolute atomic E-state index is 0.0950. The Morgan fingerprint density at radius 3 is 2.31 bits per heavy atom. The highest BCUT2D eigenvalue weighted by Gasteiger charge is 2.25. The first-order valence-electron chi connectivity index (χ1n) is 16.1. The normalized spacial score (nSPS) is 13.4. The second kappa shape index (κ2) is 14.9. The number of rotatable bonds is 11. The van der Waals surface area contributed by atoms with Crippen molar-refractivity contribution in [2.75, 3.05) is 58.3 Å². The number of nitrogens with zero attached hydrogens (tertiary/aromatic N) is 7. The molecule has 1 saturated heterocycles. The molecule has 0 aliphatic carbocycles. The fourth-order valence-electron chi connectivity index (χ4n) is 5.77. The zero-order chi connectivity index (χ0) is 33.5. The van der Waals surface area contributed by atoms with Crippen molar-refractivity contribution in [3.63, 3.8) is 0 Å². The summed E-state index contributed by atoms with van der Waals surface area (Å²) in [5.74, 6) is 0.688. The number of furan rings is 1. The highest BCUT2D eigenvalue weighted by molar-refractivity contribution is 6.06. The molecule has 1 aliphatic heterocycles. The molecule has 2 aromatic heterocycles. The van der Waals surface area contributed by atoms with Crippen molar-refractivity contribution in [3.8, 4) is 17.4 Å². The van der Waals surface area contributed by atoms with E-state index >= 15 is 0 Å². The number of carbonyl (C=O) groups is 2. The molecule has 0 radical (unpaired) electrons. The van der Waals surface area contributed by atoms with Crippen LogP contribution in [-0.4, -0.2) is 89.4 Å². The number of likely N-dealkylation sites (N-methyl/N-ethyl adjacent to an activating group) is 1. The second-order valence-corrected chi connectivity index (χ2v) is 12.2. The molecule has 10 nitrogen and oxygen atoms in total. The second-order valence-electron chi connectivity index (χ2n) is 12.2. The van der Waals surface area contributed by atoms with Gasteiger partial charge >= 0.3 is 0 Å². The number of imidazole rings is 1. The van der Waals surface area contributed by atoms with Gasteiger partial charge < -0.3 is 23.7 Å². The summed E-state index contributed by atoms with van der Waals surface area (Å²) >= 11 is 0. The van der Waals surface area contributed by atoms with Crippen LogP contribution in [0.2, 0.25) is 0 Å². The van der Waals surface area contributed by atoms with E-state index in [9.17, 15) is 9.59 Å². The standard InChI is InChI=1S/C38H39N7O3/c1-41(2)18-19-42-20-22-43(23-21-42)38(47)36-17-16-35(48-36)31-12-14-33(15-13-31)45(37(46)32-6-4-3-5-7-32)27-34-25-40-28-44(34)26-30-10-8-29(24-39)9-11-30/h3-17,25,28H,18-23,26-27H2,1-2H3. The Kier molecular flexibility index (Phi) is 10.1. The number of aromatic nitrogens is 2. The van der Waals surface area contributed by atoms with E-state index in [2.05, 4.69) is 34.9 Å². The molecule has 3 aromatic carbocycles. The van der Waals surface area contributed by atoms with Crippen molar-refractivity contribution < 1.29 is 14.0 Å². The smallest absolute Gasteiger partial charge is 0.289 e. The molecule has 6 rings (SSSR count). The predicted molar refractivity (Wildman–Crippen MR) is 184 cm³/mol. The minimum atomic E-state index is -0.137. The molecule has 48 heavy (non-hydrogen) atoms. The van der Waals surface area contributed by atoms with Crippen LogP contribution in [0.25, 0.3) is 11.3 Å².